The molecule has 3 aromatic heterocycles. The molecule has 4 rings (SSSR count). The minimum atomic E-state index is -0.640. The number of methoxy groups -OCH3 is 1. The van der Waals surface area contributed by atoms with Gasteiger partial charge in [0, 0.05) is 38.8 Å². The Balaban J connectivity index is 1.51. The van der Waals surface area contributed by atoms with Gasteiger partial charge in [-0.15, -0.1) is 0 Å². The Morgan fingerprint density at radius 3 is 2.87 bits per heavy atom. The molecule has 0 radical (unpaired) electrons. The van der Waals surface area contributed by atoms with Crippen LogP contribution in [0.2, 0.25) is 0 Å². The van der Waals surface area contributed by atoms with Crippen LogP contribution in [0.3, 0.4) is 0 Å². The lowest BCUT2D eigenvalue weighted by molar-refractivity contribution is 0.197. The molecule has 0 bridgehead atoms. The summed E-state index contributed by atoms with van der Waals surface area (Å²) in [5, 5.41) is 7.77. The van der Waals surface area contributed by atoms with Crippen LogP contribution in [0, 0.1) is 5.82 Å². The third-order valence-corrected chi connectivity index (χ3v) is 5.35. The number of nitrogens with zero attached hydrogens (tertiary/aromatic N) is 7. The fourth-order valence-corrected chi connectivity index (χ4v) is 3.76. The van der Waals surface area contributed by atoms with Gasteiger partial charge in [-0.1, -0.05) is 6.92 Å². The van der Waals surface area contributed by atoms with Crippen molar-refractivity contribution in [2.45, 2.75) is 19.4 Å². The molecule has 12 heteroatoms. The van der Waals surface area contributed by atoms with E-state index in [0.717, 1.165) is 11.8 Å². The molecule has 4 heterocycles. The lowest BCUT2D eigenvalue weighted by Gasteiger charge is -2.41. The van der Waals surface area contributed by atoms with Gasteiger partial charge in [-0.3, -0.25) is 4.68 Å². The number of carbonyl (C=O) groups excluding carboxylic acids is 1. The number of hydrogen-bond acceptors (Lipinski definition) is 8. The van der Waals surface area contributed by atoms with Gasteiger partial charge in [0.05, 0.1) is 30.6 Å². The molecule has 11 nitrogen and oxygen atoms in total. The number of carbonyl (C=O) groups is 1. The quantitative estimate of drug-likeness (QED) is 0.640. The minimum Gasteiger partial charge on any atom is -0.479 e. The van der Waals surface area contributed by atoms with Crippen LogP contribution in [-0.2, 0) is 7.05 Å². The highest BCUT2D eigenvalue weighted by Gasteiger charge is 2.31. The normalized spacial score (nSPS) is 16.6. The zero-order chi connectivity index (χ0) is 22.1. The molecule has 0 aromatic carbocycles. The molecule has 0 spiro atoms. The molecule has 1 aliphatic rings. The van der Waals surface area contributed by atoms with Crippen LogP contribution in [0.5, 0.6) is 5.88 Å². The van der Waals surface area contributed by atoms with Gasteiger partial charge < -0.3 is 25.6 Å². The highest BCUT2D eigenvalue weighted by Crippen LogP contribution is 2.28. The van der Waals surface area contributed by atoms with Crippen LogP contribution in [0.4, 0.5) is 26.6 Å². The fraction of sp³-hybridized carbons (Fsp3) is 0.421. The highest BCUT2D eigenvalue weighted by atomic mass is 19.1. The minimum absolute atomic E-state index is 0.0166. The van der Waals surface area contributed by atoms with E-state index in [1.54, 1.807) is 22.8 Å². The van der Waals surface area contributed by atoms with E-state index < -0.39 is 5.82 Å². The number of urea groups is 1. The topological polar surface area (TPSA) is 127 Å². The first-order valence-electron chi connectivity index (χ1n) is 9.88. The Labute approximate surface area is 178 Å². The van der Waals surface area contributed by atoms with Gasteiger partial charge in [-0.2, -0.15) is 15.1 Å². The number of aromatic nitrogens is 5. The maximum absolute atomic E-state index is 13.9. The summed E-state index contributed by atoms with van der Waals surface area (Å²) in [4.78, 5) is 29.2. The third kappa shape index (κ3) is 3.88. The lowest BCUT2D eigenvalue weighted by atomic mass is 10.1. The summed E-state index contributed by atoms with van der Waals surface area (Å²) in [7, 11) is 3.13. The van der Waals surface area contributed by atoms with Crippen molar-refractivity contribution in [2.75, 3.05) is 42.7 Å². The largest absolute Gasteiger partial charge is 0.479 e. The molecule has 0 aliphatic carbocycles. The lowest BCUT2D eigenvalue weighted by Crippen LogP contribution is -2.56. The van der Waals surface area contributed by atoms with Crippen molar-refractivity contribution in [2.24, 2.45) is 7.05 Å². The summed E-state index contributed by atoms with van der Waals surface area (Å²) < 4.78 is 20.3. The first kappa shape index (κ1) is 20.6. The number of fused-ring (bicyclic) bond motifs is 1. The van der Waals surface area contributed by atoms with Gasteiger partial charge in [0.15, 0.2) is 11.5 Å². The number of nitrogens with one attached hydrogen (secondary N) is 1. The molecule has 1 saturated heterocycles. The molecule has 1 aliphatic heterocycles. The van der Waals surface area contributed by atoms with Crippen LogP contribution in [0.15, 0.2) is 18.5 Å². The van der Waals surface area contributed by atoms with E-state index in [9.17, 15) is 9.18 Å². The van der Waals surface area contributed by atoms with Gasteiger partial charge in [-0.25, -0.2) is 14.2 Å². The third-order valence-electron chi connectivity index (χ3n) is 5.35. The summed E-state index contributed by atoms with van der Waals surface area (Å²) in [6.45, 7) is 3.54. The van der Waals surface area contributed by atoms with E-state index in [1.165, 1.54) is 19.4 Å². The number of anilines is 3. The van der Waals surface area contributed by atoms with Crippen molar-refractivity contribution >= 4 is 34.5 Å². The number of hydrogen-bond donors (Lipinski definition) is 2. The fourth-order valence-electron chi connectivity index (χ4n) is 3.76. The van der Waals surface area contributed by atoms with Crippen LogP contribution in [-0.4, -0.2) is 68.4 Å². The molecule has 3 aromatic rings. The molecule has 2 amide bonds. The summed E-state index contributed by atoms with van der Waals surface area (Å²) in [5.74, 6) is 0.126. The smallest absolute Gasteiger partial charge is 0.322 e. The standard InChI is InChI=1S/C19H24FN9O2/c1-4-12-10-28(19(30)24-11-7-14(20)17(31-3)22-8-11)5-6-29(12)16-13-9-23-27(2)15(13)25-18(21)26-16/h7-9,12H,4-6,10H2,1-3H3,(H,24,30)(H2,21,25,26)/t12-/m0/s1. The number of ether oxygens (including phenoxy) is 1. The van der Waals surface area contributed by atoms with Crippen molar-refractivity contribution < 1.29 is 13.9 Å². The zero-order valence-electron chi connectivity index (χ0n) is 17.5. The highest BCUT2D eigenvalue weighted by molar-refractivity contribution is 5.90. The number of nitrogen functional groups attached to an aromatic ring is 1. The van der Waals surface area contributed by atoms with E-state index in [1.807, 2.05) is 6.92 Å². The van der Waals surface area contributed by atoms with E-state index in [4.69, 9.17) is 10.5 Å². The molecular formula is C19H24FN9O2. The van der Waals surface area contributed by atoms with E-state index >= 15 is 0 Å². The van der Waals surface area contributed by atoms with Crippen molar-refractivity contribution in [3.63, 3.8) is 0 Å². The SMILES string of the molecule is CC[C@H]1CN(C(=O)Nc2cnc(OC)c(F)c2)CCN1c1nc(N)nc2c1cnn2C. The van der Waals surface area contributed by atoms with Crippen LogP contribution < -0.4 is 20.7 Å². The number of halogens is 1. The average molecular weight is 429 g/mol. The van der Waals surface area contributed by atoms with Gasteiger partial charge >= 0.3 is 6.03 Å². The predicted molar refractivity (Wildman–Crippen MR) is 113 cm³/mol. The van der Waals surface area contributed by atoms with Crippen molar-refractivity contribution in [3.05, 3.63) is 24.3 Å². The number of piperazine rings is 1. The van der Waals surface area contributed by atoms with Crippen LogP contribution in [0.1, 0.15) is 13.3 Å². The van der Waals surface area contributed by atoms with Crippen molar-refractivity contribution in [1.29, 1.82) is 0 Å². The van der Waals surface area contributed by atoms with E-state index in [2.05, 4.69) is 30.3 Å². The second kappa shape index (κ2) is 8.20. The number of amides is 2. The summed E-state index contributed by atoms with van der Waals surface area (Å²) in [6.07, 6.45) is 3.87. The number of aryl methyl sites for hydroxylation is 1. The molecule has 0 unspecified atom stereocenters. The van der Waals surface area contributed by atoms with Crippen molar-refractivity contribution in [1.82, 2.24) is 29.6 Å². The Kier molecular flexibility index (Phi) is 5.44. The molecule has 0 saturated carbocycles. The first-order valence-corrected chi connectivity index (χ1v) is 9.88. The van der Waals surface area contributed by atoms with Gasteiger partial charge in [0.25, 0.3) is 0 Å². The first-order chi connectivity index (χ1) is 14.9. The van der Waals surface area contributed by atoms with E-state index in [0.29, 0.717) is 31.1 Å². The Bertz CT molecular complexity index is 1120. The van der Waals surface area contributed by atoms with Gasteiger partial charge in [-0.05, 0) is 6.42 Å². The van der Waals surface area contributed by atoms with Crippen LogP contribution >= 0.6 is 0 Å². The molecule has 31 heavy (non-hydrogen) atoms. The average Bonchev–Trinajstić information content (AvgIpc) is 3.13. The van der Waals surface area contributed by atoms with Gasteiger partial charge in [0.1, 0.15) is 5.82 Å². The molecular weight excluding hydrogens is 405 g/mol. The number of pyridine rings is 1. The Morgan fingerprint density at radius 1 is 1.35 bits per heavy atom. The Morgan fingerprint density at radius 2 is 2.16 bits per heavy atom. The maximum Gasteiger partial charge on any atom is 0.322 e. The maximum atomic E-state index is 13.9. The predicted octanol–water partition coefficient (Wildman–Crippen LogP) is 1.62. The summed E-state index contributed by atoms with van der Waals surface area (Å²) in [6, 6.07) is 0.876. The summed E-state index contributed by atoms with van der Waals surface area (Å²) >= 11 is 0. The Hall–Kier alpha value is -3.70. The van der Waals surface area contributed by atoms with Crippen LogP contribution in [0.25, 0.3) is 11.0 Å². The molecule has 3 N–H and O–H groups in total. The van der Waals surface area contributed by atoms with Crippen molar-refractivity contribution in [3.8, 4) is 5.88 Å². The second-order valence-corrected chi connectivity index (χ2v) is 7.26. The zero-order valence-corrected chi connectivity index (χ0v) is 17.5. The second-order valence-electron chi connectivity index (χ2n) is 7.26. The molecule has 164 valence electrons. The number of rotatable bonds is 4. The van der Waals surface area contributed by atoms with E-state index in [-0.39, 0.29) is 29.6 Å². The monoisotopic (exact) mass is 429 g/mol. The number of nitrogens with two attached hydrogens (primary N) is 1. The molecule has 1 atom stereocenters. The summed E-state index contributed by atoms with van der Waals surface area (Å²) in [5.41, 5.74) is 6.85. The van der Waals surface area contributed by atoms with Gasteiger partial charge in [0.2, 0.25) is 11.8 Å². The molecule has 1 fully saturated rings.